The smallest absolute Gasteiger partial charge is 0.223 e. The van der Waals surface area contributed by atoms with E-state index in [2.05, 4.69) is 18.7 Å². The lowest BCUT2D eigenvalue weighted by Crippen LogP contribution is -2.52. The van der Waals surface area contributed by atoms with Crippen molar-refractivity contribution in [1.29, 1.82) is 0 Å². The highest BCUT2D eigenvalue weighted by Gasteiger charge is 2.48. The summed E-state index contributed by atoms with van der Waals surface area (Å²) in [4.78, 5) is 14.3. The molecule has 0 aromatic carbocycles. The fraction of sp³-hybridized carbons (Fsp3) is 0.923. The Bertz CT molecular complexity index is 277. The first-order valence-corrected chi connectivity index (χ1v) is 6.58. The fourth-order valence-electron chi connectivity index (χ4n) is 3.44. The van der Waals surface area contributed by atoms with E-state index in [4.69, 9.17) is 5.73 Å². The number of fused-ring (bicyclic) bond motifs is 2. The summed E-state index contributed by atoms with van der Waals surface area (Å²) in [7, 11) is 0. The largest absolute Gasteiger partial charge is 0.335 e. The minimum atomic E-state index is 0.0227. The first-order valence-electron chi connectivity index (χ1n) is 6.58. The van der Waals surface area contributed by atoms with E-state index in [1.807, 2.05) is 0 Å². The van der Waals surface area contributed by atoms with E-state index >= 15 is 0 Å². The summed E-state index contributed by atoms with van der Waals surface area (Å²) >= 11 is 0. The van der Waals surface area contributed by atoms with Crippen LogP contribution in [0.3, 0.4) is 0 Å². The Morgan fingerprint density at radius 1 is 1.56 bits per heavy atom. The van der Waals surface area contributed by atoms with Gasteiger partial charge in [-0.3, -0.25) is 4.79 Å². The number of hydrogen-bond acceptors (Lipinski definition) is 2. The molecule has 0 aromatic rings. The van der Waals surface area contributed by atoms with Gasteiger partial charge in [-0.05, 0) is 31.1 Å². The van der Waals surface area contributed by atoms with Crippen LogP contribution in [-0.2, 0) is 4.79 Å². The number of rotatable bonds is 3. The number of carbonyl (C=O) groups is 1. The standard InChI is InChI=1S/C13H24N2O/c1-10(2)6-12(16)15-8-11-4-3-5-13(15,7-11)9-14/h10-11H,3-9,14H2,1-2H3. The predicted molar refractivity (Wildman–Crippen MR) is 64.9 cm³/mol. The van der Waals surface area contributed by atoms with Crippen molar-refractivity contribution >= 4 is 5.91 Å². The molecule has 2 bridgehead atoms. The van der Waals surface area contributed by atoms with Crippen LogP contribution in [0.1, 0.15) is 46.0 Å². The molecule has 16 heavy (non-hydrogen) atoms. The lowest BCUT2D eigenvalue weighted by molar-refractivity contribution is -0.136. The van der Waals surface area contributed by atoms with Crippen molar-refractivity contribution in [2.45, 2.75) is 51.5 Å². The molecular weight excluding hydrogens is 200 g/mol. The molecule has 1 aliphatic heterocycles. The van der Waals surface area contributed by atoms with E-state index in [9.17, 15) is 4.79 Å². The van der Waals surface area contributed by atoms with Crippen molar-refractivity contribution in [3.8, 4) is 0 Å². The third kappa shape index (κ3) is 1.97. The Labute approximate surface area is 98.4 Å². The molecule has 2 fully saturated rings. The van der Waals surface area contributed by atoms with Gasteiger partial charge in [0, 0.05) is 19.5 Å². The Kier molecular flexibility index (Phi) is 3.24. The van der Waals surface area contributed by atoms with Gasteiger partial charge >= 0.3 is 0 Å². The van der Waals surface area contributed by atoms with Gasteiger partial charge in [-0.25, -0.2) is 0 Å². The Hall–Kier alpha value is -0.570. The second-order valence-corrected chi connectivity index (χ2v) is 5.99. The van der Waals surface area contributed by atoms with Crippen molar-refractivity contribution < 1.29 is 4.79 Å². The number of nitrogens with two attached hydrogens (primary N) is 1. The summed E-state index contributed by atoms with van der Waals surface area (Å²) in [5.74, 6) is 1.49. The maximum absolute atomic E-state index is 12.2. The van der Waals surface area contributed by atoms with Gasteiger partial charge in [0.05, 0.1) is 5.54 Å². The van der Waals surface area contributed by atoms with Gasteiger partial charge in [0.25, 0.3) is 0 Å². The summed E-state index contributed by atoms with van der Waals surface area (Å²) in [6.45, 7) is 5.82. The fourth-order valence-corrected chi connectivity index (χ4v) is 3.44. The van der Waals surface area contributed by atoms with Crippen LogP contribution >= 0.6 is 0 Å². The molecule has 2 rings (SSSR count). The number of nitrogens with zero attached hydrogens (tertiary/aromatic N) is 1. The van der Waals surface area contributed by atoms with Gasteiger partial charge in [0.1, 0.15) is 0 Å². The molecule has 0 radical (unpaired) electrons. The van der Waals surface area contributed by atoms with Crippen LogP contribution in [0.4, 0.5) is 0 Å². The molecule has 1 heterocycles. The first-order chi connectivity index (χ1) is 7.57. The molecule has 1 saturated carbocycles. The molecule has 0 spiro atoms. The summed E-state index contributed by atoms with van der Waals surface area (Å²) in [6, 6.07) is 0. The van der Waals surface area contributed by atoms with Gasteiger partial charge in [0.15, 0.2) is 0 Å². The molecular formula is C13H24N2O. The van der Waals surface area contributed by atoms with Crippen LogP contribution in [0.25, 0.3) is 0 Å². The molecule has 2 N–H and O–H groups in total. The third-order valence-corrected chi connectivity index (χ3v) is 4.20. The number of amides is 1. The lowest BCUT2D eigenvalue weighted by Gasteiger charge is -2.39. The summed E-state index contributed by atoms with van der Waals surface area (Å²) in [6.07, 6.45) is 5.46. The summed E-state index contributed by atoms with van der Waals surface area (Å²) < 4.78 is 0. The molecule has 1 saturated heterocycles. The normalized spacial score (nSPS) is 33.5. The van der Waals surface area contributed by atoms with E-state index in [-0.39, 0.29) is 5.54 Å². The van der Waals surface area contributed by atoms with Crippen LogP contribution in [-0.4, -0.2) is 29.4 Å². The van der Waals surface area contributed by atoms with E-state index < -0.39 is 0 Å². The Morgan fingerprint density at radius 2 is 2.31 bits per heavy atom. The van der Waals surface area contributed by atoms with Crippen LogP contribution in [0.2, 0.25) is 0 Å². The van der Waals surface area contributed by atoms with Crippen LogP contribution in [0.15, 0.2) is 0 Å². The van der Waals surface area contributed by atoms with Crippen molar-refractivity contribution in [3.05, 3.63) is 0 Å². The second kappa shape index (κ2) is 4.36. The Morgan fingerprint density at radius 3 is 2.94 bits per heavy atom. The molecule has 3 nitrogen and oxygen atoms in total. The Balaban J connectivity index is 2.11. The monoisotopic (exact) mass is 224 g/mol. The maximum atomic E-state index is 12.2. The molecule has 2 unspecified atom stereocenters. The van der Waals surface area contributed by atoms with Crippen molar-refractivity contribution in [2.75, 3.05) is 13.1 Å². The molecule has 2 atom stereocenters. The number of carbonyl (C=O) groups excluding carboxylic acids is 1. The average Bonchev–Trinajstić information content (AvgIpc) is 2.50. The topological polar surface area (TPSA) is 46.3 Å². The average molecular weight is 224 g/mol. The van der Waals surface area contributed by atoms with Gasteiger partial charge in [-0.1, -0.05) is 20.3 Å². The van der Waals surface area contributed by atoms with Crippen molar-refractivity contribution in [2.24, 2.45) is 17.6 Å². The molecule has 3 heteroatoms. The molecule has 1 aliphatic carbocycles. The highest BCUT2D eigenvalue weighted by atomic mass is 16.2. The molecule has 92 valence electrons. The van der Waals surface area contributed by atoms with Gasteiger partial charge in [-0.15, -0.1) is 0 Å². The van der Waals surface area contributed by atoms with Crippen LogP contribution in [0, 0.1) is 11.8 Å². The van der Waals surface area contributed by atoms with Crippen LogP contribution < -0.4 is 5.73 Å². The van der Waals surface area contributed by atoms with E-state index in [0.717, 1.165) is 19.4 Å². The predicted octanol–water partition coefficient (Wildman–Crippen LogP) is 1.76. The van der Waals surface area contributed by atoms with E-state index in [1.165, 1.54) is 12.8 Å². The number of likely N-dealkylation sites (tertiary alicyclic amines) is 1. The zero-order valence-corrected chi connectivity index (χ0v) is 10.5. The quantitative estimate of drug-likeness (QED) is 0.794. The minimum Gasteiger partial charge on any atom is -0.335 e. The highest BCUT2D eigenvalue weighted by Crippen LogP contribution is 2.43. The van der Waals surface area contributed by atoms with Crippen molar-refractivity contribution in [1.82, 2.24) is 4.90 Å². The van der Waals surface area contributed by atoms with Gasteiger partial charge < -0.3 is 10.6 Å². The molecule has 1 amide bonds. The van der Waals surface area contributed by atoms with E-state index in [0.29, 0.717) is 30.7 Å². The molecule has 0 aromatic heterocycles. The van der Waals surface area contributed by atoms with Gasteiger partial charge in [-0.2, -0.15) is 0 Å². The lowest BCUT2D eigenvalue weighted by atomic mass is 9.80. The summed E-state index contributed by atoms with van der Waals surface area (Å²) in [5, 5.41) is 0. The van der Waals surface area contributed by atoms with Crippen molar-refractivity contribution in [3.63, 3.8) is 0 Å². The second-order valence-electron chi connectivity index (χ2n) is 5.99. The SMILES string of the molecule is CC(C)CC(=O)N1CC2CCCC1(CN)C2. The first kappa shape index (κ1) is 11.9. The third-order valence-electron chi connectivity index (χ3n) is 4.20. The highest BCUT2D eigenvalue weighted by molar-refractivity contribution is 5.77. The molecule has 2 aliphatic rings. The van der Waals surface area contributed by atoms with Gasteiger partial charge in [0.2, 0.25) is 5.91 Å². The number of hydrogen-bond donors (Lipinski definition) is 1. The zero-order valence-electron chi connectivity index (χ0n) is 10.5. The van der Waals surface area contributed by atoms with Crippen LogP contribution in [0.5, 0.6) is 0 Å². The maximum Gasteiger partial charge on any atom is 0.223 e. The zero-order chi connectivity index (χ0) is 11.8. The minimum absolute atomic E-state index is 0.0227. The summed E-state index contributed by atoms with van der Waals surface area (Å²) in [5.41, 5.74) is 5.96. The van der Waals surface area contributed by atoms with E-state index in [1.54, 1.807) is 0 Å².